The maximum Gasteiger partial charge on any atom is 0.269 e. The zero-order valence-electron chi connectivity index (χ0n) is 14.0. The number of non-ortho nitro benzene ring substituents is 1. The lowest BCUT2D eigenvalue weighted by molar-refractivity contribution is -0.384. The van der Waals surface area contributed by atoms with Crippen molar-refractivity contribution in [1.82, 2.24) is 5.32 Å². The topological polar surface area (TPSA) is 117 Å². The van der Waals surface area contributed by atoms with E-state index in [9.17, 15) is 20.3 Å². The van der Waals surface area contributed by atoms with Crippen molar-refractivity contribution in [2.45, 2.75) is 12.1 Å². The number of aliphatic hydroxyl groups excluding tert-OH is 2. The van der Waals surface area contributed by atoms with Crippen LogP contribution in [0.25, 0.3) is 0 Å². The minimum absolute atomic E-state index is 0.0807. The number of nitro benzene ring substituents is 1. The highest BCUT2D eigenvalue weighted by molar-refractivity contribution is 7.80. The lowest BCUT2D eigenvalue weighted by Crippen LogP contribution is -2.43. The van der Waals surface area contributed by atoms with Gasteiger partial charge in [0, 0.05) is 12.1 Å². The summed E-state index contributed by atoms with van der Waals surface area (Å²) in [6.45, 7) is -0.397. The van der Waals surface area contributed by atoms with Gasteiger partial charge in [0.1, 0.15) is 11.9 Å². The van der Waals surface area contributed by atoms with Gasteiger partial charge in [0.05, 0.1) is 30.4 Å². The van der Waals surface area contributed by atoms with E-state index < -0.39 is 23.7 Å². The molecule has 0 unspecified atom stereocenters. The summed E-state index contributed by atoms with van der Waals surface area (Å²) >= 11 is 5.22. The second-order valence-corrected chi connectivity index (χ2v) is 5.79. The highest BCUT2D eigenvalue weighted by Gasteiger charge is 2.22. The first-order valence-electron chi connectivity index (χ1n) is 7.70. The molecule has 0 radical (unpaired) electrons. The number of hydrogen-bond donors (Lipinski definition) is 4. The Bertz CT molecular complexity index is 769. The summed E-state index contributed by atoms with van der Waals surface area (Å²) in [6.07, 6.45) is -1.11. The predicted octanol–water partition coefficient (Wildman–Crippen LogP) is 1.98. The number of nitrogens with zero attached hydrogens (tertiary/aromatic N) is 1. The molecule has 9 heteroatoms. The molecule has 26 heavy (non-hydrogen) atoms. The molecule has 0 aliphatic rings. The third-order valence-corrected chi connectivity index (χ3v) is 3.91. The van der Waals surface area contributed by atoms with Gasteiger partial charge >= 0.3 is 0 Å². The van der Waals surface area contributed by atoms with E-state index in [4.69, 9.17) is 17.0 Å². The van der Waals surface area contributed by atoms with Crippen molar-refractivity contribution in [1.29, 1.82) is 0 Å². The molecule has 0 fully saturated rings. The van der Waals surface area contributed by atoms with Crippen LogP contribution in [0.4, 0.5) is 11.4 Å². The number of aliphatic hydroxyl groups is 2. The smallest absolute Gasteiger partial charge is 0.269 e. The van der Waals surface area contributed by atoms with E-state index in [1.807, 2.05) is 12.1 Å². The van der Waals surface area contributed by atoms with Crippen molar-refractivity contribution in [2.24, 2.45) is 0 Å². The number of hydrogen-bond acceptors (Lipinski definition) is 6. The standard InChI is InChI=1S/C17H19N3O5S/c1-25-15-5-3-2-4-13(15)18-17(26)19-14(10-21)16(22)11-6-8-12(9-7-11)20(23)24/h2-9,14,16,21-22H,10H2,1H3,(H2,18,19,26)/t14-,16-/m1/s1. The molecule has 0 spiro atoms. The van der Waals surface area contributed by atoms with Crippen LogP contribution >= 0.6 is 12.2 Å². The van der Waals surface area contributed by atoms with Gasteiger partial charge in [0.15, 0.2) is 5.11 Å². The van der Waals surface area contributed by atoms with Crippen LogP contribution in [0, 0.1) is 10.1 Å². The molecule has 0 amide bonds. The van der Waals surface area contributed by atoms with Gasteiger partial charge in [-0.2, -0.15) is 0 Å². The number of nitro groups is 1. The molecule has 0 aliphatic carbocycles. The number of nitrogens with one attached hydrogen (secondary N) is 2. The molecule has 0 heterocycles. The monoisotopic (exact) mass is 377 g/mol. The largest absolute Gasteiger partial charge is 0.495 e. The first-order valence-corrected chi connectivity index (χ1v) is 8.11. The Balaban J connectivity index is 2.05. The van der Waals surface area contributed by atoms with Gasteiger partial charge in [-0.1, -0.05) is 12.1 Å². The zero-order chi connectivity index (χ0) is 19.1. The van der Waals surface area contributed by atoms with Crippen molar-refractivity contribution in [3.8, 4) is 5.75 Å². The maximum absolute atomic E-state index is 10.7. The highest BCUT2D eigenvalue weighted by atomic mass is 32.1. The van der Waals surface area contributed by atoms with Crippen molar-refractivity contribution in [3.05, 3.63) is 64.2 Å². The molecule has 138 valence electrons. The molecule has 2 aromatic carbocycles. The fraction of sp³-hybridized carbons (Fsp3) is 0.235. The minimum atomic E-state index is -1.11. The van der Waals surface area contributed by atoms with Crippen LogP contribution in [-0.2, 0) is 0 Å². The summed E-state index contributed by atoms with van der Waals surface area (Å²) in [6, 6.07) is 11.8. The second kappa shape index (κ2) is 9.09. The van der Waals surface area contributed by atoms with Crippen LogP contribution in [0.5, 0.6) is 5.75 Å². The summed E-state index contributed by atoms with van der Waals surface area (Å²) in [5.74, 6) is 0.591. The molecule has 0 aliphatic heterocycles. The molecule has 2 aromatic rings. The number of para-hydroxylation sites is 2. The van der Waals surface area contributed by atoms with E-state index in [1.165, 1.54) is 31.4 Å². The van der Waals surface area contributed by atoms with Gasteiger partial charge in [0.2, 0.25) is 0 Å². The predicted molar refractivity (Wildman–Crippen MR) is 101 cm³/mol. The van der Waals surface area contributed by atoms with Crippen LogP contribution in [0.1, 0.15) is 11.7 Å². The molecule has 0 aromatic heterocycles. The number of anilines is 1. The van der Waals surface area contributed by atoms with Gasteiger partial charge < -0.3 is 25.6 Å². The van der Waals surface area contributed by atoms with E-state index in [0.29, 0.717) is 17.0 Å². The van der Waals surface area contributed by atoms with Crippen LogP contribution in [0.3, 0.4) is 0 Å². The molecule has 8 nitrogen and oxygen atoms in total. The molecule has 0 bridgehead atoms. The Labute approximate surface area is 155 Å². The highest BCUT2D eigenvalue weighted by Crippen LogP contribution is 2.24. The average Bonchev–Trinajstić information content (AvgIpc) is 2.66. The van der Waals surface area contributed by atoms with E-state index in [0.717, 1.165) is 0 Å². The fourth-order valence-electron chi connectivity index (χ4n) is 2.32. The number of methoxy groups -OCH3 is 1. The zero-order valence-corrected chi connectivity index (χ0v) is 14.8. The minimum Gasteiger partial charge on any atom is -0.495 e. The normalized spacial score (nSPS) is 12.7. The maximum atomic E-state index is 10.7. The van der Waals surface area contributed by atoms with Crippen LogP contribution < -0.4 is 15.4 Å². The summed E-state index contributed by atoms with van der Waals surface area (Å²) in [5.41, 5.74) is 0.971. The van der Waals surface area contributed by atoms with Gasteiger partial charge in [0.25, 0.3) is 5.69 Å². The Hall–Kier alpha value is -2.75. The Morgan fingerprint density at radius 2 is 1.92 bits per heavy atom. The average molecular weight is 377 g/mol. The lowest BCUT2D eigenvalue weighted by Gasteiger charge is -2.24. The van der Waals surface area contributed by atoms with E-state index in [1.54, 1.807) is 12.1 Å². The number of ether oxygens (including phenoxy) is 1. The van der Waals surface area contributed by atoms with Crippen molar-refractivity contribution in [3.63, 3.8) is 0 Å². The Kier molecular flexibility index (Phi) is 6.84. The Morgan fingerprint density at radius 3 is 2.50 bits per heavy atom. The van der Waals surface area contributed by atoms with Gasteiger partial charge in [-0.3, -0.25) is 10.1 Å². The van der Waals surface area contributed by atoms with Crippen LogP contribution in [0.15, 0.2) is 48.5 Å². The Morgan fingerprint density at radius 1 is 1.27 bits per heavy atom. The lowest BCUT2D eigenvalue weighted by atomic mass is 10.0. The molecule has 2 rings (SSSR count). The number of rotatable bonds is 7. The van der Waals surface area contributed by atoms with Crippen molar-refractivity contribution < 1.29 is 19.9 Å². The molecule has 4 N–H and O–H groups in total. The quantitative estimate of drug-likeness (QED) is 0.329. The fourth-order valence-corrected chi connectivity index (χ4v) is 2.59. The SMILES string of the molecule is COc1ccccc1NC(=S)N[C@H](CO)[C@H](O)c1ccc([N+](=O)[O-])cc1. The van der Waals surface area contributed by atoms with Crippen molar-refractivity contribution >= 4 is 28.7 Å². The van der Waals surface area contributed by atoms with E-state index in [2.05, 4.69) is 10.6 Å². The first-order chi connectivity index (χ1) is 12.5. The number of thiocarbonyl (C=S) groups is 1. The van der Waals surface area contributed by atoms with Crippen molar-refractivity contribution in [2.75, 3.05) is 19.0 Å². The summed E-state index contributed by atoms with van der Waals surface area (Å²) in [7, 11) is 1.53. The van der Waals surface area contributed by atoms with E-state index in [-0.39, 0.29) is 10.8 Å². The third-order valence-electron chi connectivity index (χ3n) is 3.69. The molecule has 2 atom stereocenters. The summed E-state index contributed by atoms with van der Waals surface area (Å²) in [5, 5.41) is 36.7. The molecule has 0 saturated heterocycles. The number of benzene rings is 2. The first kappa shape index (κ1) is 19.6. The summed E-state index contributed by atoms with van der Waals surface area (Å²) in [4.78, 5) is 10.2. The van der Waals surface area contributed by atoms with Crippen LogP contribution in [-0.4, -0.2) is 40.0 Å². The van der Waals surface area contributed by atoms with Gasteiger partial charge in [-0.25, -0.2) is 0 Å². The van der Waals surface area contributed by atoms with E-state index >= 15 is 0 Å². The van der Waals surface area contributed by atoms with Gasteiger partial charge in [-0.05, 0) is 42.0 Å². The summed E-state index contributed by atoms with van der Waals surface area (Å²) < 4.78 is 5.22. The third kappa shape index (κ3) is 4.88. The molecular weight excluding hydrogens is 358 g/mol. The van der Waals surface area contributed by atoms with Gasteiger partial charge in [-0.15, -0.1) is 0 Å². The molecular formula is C17H19N3O5S. The molecule has 0 saturated carbocycles. The van der Waals surface area contributed by atoms with Crippen LogP contribution in [0.2, 0.25) is 0 Å². The second-order valence-electron chi connectivity index (χ2n) is 5.38.